The Labute approximate surface area is 76.9 Å². The summed E-state index contributed by atoms with van der Waals surface area (Å²) in [5.74, 6) is 4.54. The molecule has 0 saturated heterocycles. The standard InChI is InChI=1S/C8H8O.CH3N3/c1-7(9)8-5-3-2-4-6-8;2-1-4-3/h2-6H,1H3;4H,3H2. The summed E-state index contributed by atoms with van der Waals surface area (Å²) >= 11 is 0. The molecule has 0 unspecified atom stereocenters. The summed E-state index contributed by atoms with van der Waals surface area (Å²) in [6.45, 7) is 1.56. The number of benzene rings is 1. The minimum Gasteiger partial charge on any atom is -0.295 e. The number of hydrogen-bond acceptors (Lipinski definition) is 4. The highest BCUT2D eigenvalue weighted by Gasteiger charge is 1.92. The van der Waals surface area contributed by atoms with Crippen LogP contribution in [-0.4, -0.2) is 5.78 Å². The summed E-state index contributed by atoms with van der Waals surface area (Å²) in [5.41, 5.74) is 2.51. The highest BCUT2D eigenvalue weighted by atomic mass is 16.1. The van der Waals surface area contributed by atoms with Crippen molar-refractivity contribution < 1.29 is 4.79 Å². The minimum atomic E-state index is 0.121. The van der Waals surface area contributed by atoms with Gasteiger partial charge in [-0.15, -0.1) is 0 Å². The molecule has 13 heavy (non-hydrogen) atoms. The molecule has 68 valence electrons. The Morgan fingerprint density at radius 2 is 1.92 bits per heavy atom. The molecule has 0 aromatic heterocycles. The SMILES string of the molecule is CC(=O)c1ccccc1.N#CNN. The van der Waals surface area contributed by atoms with E-state index in [4.69, 9.17) is 5.26 Å². The number of nitrogens with one attached hydrogen (secondary N) is 1. The van der Waals surface area contributed by atoms with Crippen molar-refractivity contribution in [3.8, 4) is 6.19 Å². The lowest BCUT2D eigenvalue weighted by atomic mass is 10.2. The third-order valence-corrected chi connectivity index (χ3v) is 1.24. The molecule has 0 saturated carbocycles. The fraction of sp³-hybridized carbons (Fsp3) is 0.111. The third-order valence-electron chi connectivity index (χ3n) is 1.24. The van der Waals surface area contributed by atoms with Gasteiger partial charge in [-0.1, -0.05) is 30.3 Å². The molecule has 3 N–H and O–H groups in total. The first-order valence-electron chi connectivity index (χ1n) is 3.63. The Bertz CT molecular complexity index is 289. The summed E-state index contributed by atoms with van der Waals surface area (Å²) in [6.07, 6.45) is 1.46. The Hall–Kier alpha value is -1.86. The number of carbonyl (C=O) groups is 1. The summed E-state index contributed by atoms with van der Waals surface area (Å²) in [4.78, 5) is 10.6. The second-order valence-electron chi connectivity index (χ2n) is 2.18. The summed E-state index contributed by atoms with van der Waals surface area (Å²) in [5, 5.41) is 7.39. The molecule has 1 aromatic rings. The lowest BCUT2D eigenvalue weighted by Gasteiger charge is -1.89. The van der Waals surface area contributed by atoms with Crippen LogP contribution in [0.4, 0.5) is 0 Å². The topological polar surface area (TPSA) is 78.9 Å². The zero-order chi connectivity index (χ0) is 10.1. The number of nitrogens with zero attached hydrogens (tertiary/aromatic N) is 1. The molecule has 0 bridgehead atoms. The number of rotatable bonds is 1. The molecule has 4 nitrogen and oxygen atoms in total. The van der Waals surface area contributed by atoms with Crippen molar-refractivity contribution in [2.45, 2.75) is 6.92 Å². The smallest absolute Gasteiger partial charge is 0.192 e. The molecule has 0 fully saturated rings. The lowest BCUT2D eigenvalue weighted by Crippen LogP contribution is -2.12. The Balaban J connectivity index is 0.000000310. The molecule has 0 radical (unpaired) electrons. The molecule has 4 heteroatoms. The number of hydrogen-bond donors (Lipinski definition) is 2. The van der Waals surface area contributed by atoms with E-state index in [2.05, 4.69) is 5.84 Å². The van der Waals surface area contributed by atoms with Gasteiger partial charge in [0.05, 0.1) is 0 Å². The molecule has 0 aliphatic rings. The van der Waals surface area contributed by atoms with Crippen LogP contribution in [0.1, 0.15) is 17.3 Å². The van der Waals surface area contributed by atoms with Gasteiger partial charge in [-0.05, 0) is 6.92 Å². The molecule has 1 rings (SSSR count). The van der Waals surface area contributed by atoms with Crippen LogP contribution in [0.2, 0.25) is 0 Å². The van der Waals surface area contributed by atoms with E-state index in [1.165, 1.54) is 6.19 Å². The van der Waals surface area contributed by atoms with Gasteiger partial charge in [-0.2, -0.15) is 5.26 Å². The van der Waals surface area contributed by atoms with Crippen LogP contribution in [-0.2, 0) is 0 Å². The largest absolute Gasteiger partial charge is 0.295 e. The second kappa shape index (κ2) is 6.83. The van der Waals surface area contributed by atoms with E-state index in [1.807, 2.05) is 30.3 Å². The van der Waals surface area contributed by atoms with Crippen molar-refractivity contribution in [1.29, 1.82) is 5.26 Å². The van der Waals surface area contributed by atoms with Crippen LogP contribution in [0.3, 0.4) is 0 Å². The highest BCUT2D eigenvalue weighted by molar-refractivity contribution is 5.93. The first-order chi connectivity index (χ1) is 6.22. The maximum atomic E-state index is 10.6. The molecule has 0 spiro atoms. The zero-order valence-electron chi connectivity index (χ0n) is 7.32. The van der Waals surface area contributed by atoms with Crippen molar-refractivity contribution in [2.24, 2.45) is 5.84 Å². The maximum absolute atomic E-state index is 10.6. The van der Waals surface area contributed by atoms with Crippen molar-refractivity contribution in [2.75, 3.05) is 0 Å². The predicted molar refractivity (Wildman–Crippen MR) is 49.4 cm³/mol. The molecule has 0 atom stereocenters. The Morgan fingerprint density at radius 1 is 1.46 bits per heavy atom. The lowest BCUT2D eigenvalue weighted by molar-refractivity contribution is 0.101. The van der Waals surface area contributed by atoms with E-state index < -0.39 is 0 Å². The summed E-state index contributed by atoms with van der Waals surface area (Å²) in [7, 11) is 0. The van der Waals surface area contributed by atoms with Gasteiger partial charge in [0.2, 0.25) is 0 Å². The number of hydrazine groups is 1. The predicted octanol–water partition coefficient (Wildman–Crippen LogP) is 0.820. The van der Waals surface area contributed by atoms with Gasteiger partial charge in [0.25, 0.3) is 0 Å². The molecule has 0 aliphatic carbocycles. The molecular weight excluding hydrogens is 166 g/mol. The van der Waals surface area contributed by atoms with Crippen molar-refractivity contribution in [3.05, 3.63) is 35.9 Å². The number of carbonyl (C=O) groups excluding carboxylic acids is 1. The van der Waals surface area contributed by atoms with Crippen LogP contribution in [0.5, 0.6) is 0 Å². The van der Waals surface area contributed by atoms with Gasteiger partial charge < -0.3 is 0 Å². The average Bonchev–Trinajstić information content (AvgIpc) is 2.19. The molecular formula is C9H11N3O. The fourth-order valence-electron chi connectivity index (χ4n) is 0.673. The van der Waals surface area contributed by atoms with Gasteiger partial charge in [-0.3, -0.25) is 10.2 Å². The van der Waals surface area contributed by atoms with Gasteiger partial charge in [0.1, 0.15) is 0 Å². The minimum absolute atomic E-state index is 0.121. The molecule has 0 aliphatic heterocycles. The van der Waals surface area contributed by atoms with Crippen LogP contribution >= 0.6 is 0 Å². The van der Waals surface area contributed by atoms with E-state index in [9.17, 15) is 4.79 Å². The first kappa shape index (κ1) is 11.1. The van der Waals surface area contributed by atoms with E-state index >= 15 is 0 Å². The number of nitriles is 1. The van der Waals surface area contributed by atoms with Crippen molar-refractivity contribution >= 4 is 5.78 Å². The normalized spacial score (nSPS) is 7.46. The average molecular weight is 177 g/mol. The summed E-state index contributed by atoms with van der Waals surface area (Å²) in [6, 6.07) is 9.23. The van der Waals surface area contributed by atoms with Gasteiger partial charge in [-0.25, -0.2) is 5.84 Å². The highest BCUT2D eigenvalue weighted by Crippen LogP contribution is 1.97. The first-order valence-corrected chi connectivity index (χ1v) is 3.63. The second-order valence-corrected chi connectivity index (χ2v) is 2.18. The fourth-order valence-corrected chi connectivity index (χ4v) is 0.673. The van der Waals surface area contributed by atoms with Gasteiger partial charge >= 0.3 is 0 Å². The maximum Gasteiger partial charge on any atom is 0.192 e. The zero-order valence-corrected chi connectivity index (χ0v) is 7.32. The van der Waals surface area contributed by atoms with Crippen LogP contribution in [0, 0.1) is 11.5 Å². The quantitative estimate of drug-likeness (QED) is 0.219. The molecule has 0 amide bonds. The van der Waals surface area contributed by atoms with E-state index in [0.717, 1.165) is 5.56 Å². The summed E-state index contributed by atoms with van der Waals surface area (Å²) < 4.78 is 0. The Kier molecular flexibility index (Phi) is 5.85. The van der Waals surface area contributed by atoms with E-state index in [0.29, 0.717) is 0 Å². The number of ketones is 1. The van der Waals surface area contributed by atoms with Crippen LogP contribution < -0.4 is 11.3 Å². The molecule has 0 heterocycles. The van der Waals surface area contributed by atoms with Gasteiger partial charge in [0, 0.05) is 5.56 Å². The number of Topliss-reactive ketones (excluding diaryl/α,β-unsaturated/α-hetero) is 1. The van der Waals surface area contributed by atoms with Crippen LogP contribution in [0.25, 0.3) is 0 Å². The van der Waals surface area contributed by atoms with Crippen molar-refractivity contribution in [3.63, 3.8) is 0 Å². The monoisotopic (exact) mass is 177 g/mol. The van der Waals surface area contributed by atoms with Crippen LogP contribution in [0.15, 0.2) is 30.3 Å². The van der Waals surface area contributed by atoms with E-state index in [1.54, 1.807) is 12.3 Å². The molecule has 1 aromatic carbocycles. The third kappa shape index (κ3) is 5.41. The van der Waals surface area contributed by atoms with E-state index in [-0.39, 0.29) is 5.78 Å². The van der Waals surface area contributed by atoms with Crippen molar-refractivity contribution in [1.82, 2.24) is 5.43 Å². The van der Waals surface area contributed by atoms with Gasteiger partial charge in [0.15, 0.2) is 12.0 Å². The number of nitrogens with two attached hydrogens (primary N) is 1. The Morgan fingerprint density at radius 3 is 2.15 bits per heavy atom.